The highest BCUT2D eigenvalue weighted by atomic mass is 79.9. The first-order chi connectivity index (χ1) is 9.22. The molecule has 0 aliphatic heterocycles. The number of nitrogen functional groups attached to an aromatic ring is 1. The Morgan fingerprint density at radius 2 is 1.63 bits per heavy atom. The molecular weight excluding hydrogens is 318 g/mol. The van der Waals surface area contributed by atoms with Gasteiger partial charge in [0.05, 0.1) is 0 Å². The van der Waals surface area contributed by atoms with E-state index < -0.39 is 0 Å². The van der Waals surface area contributed by atoms with Crippen LogP contribution in [0.25, 0.3) is 10.8 Å². The number of rotatable bonds is 2. The lowest BCUT2D eigenvalue weighted by atomic mass is 10.1. The first kappa shape index (κ1) is 12.6. The van der Waals surface area contributed by atoms with Gasteiger partial charge in [0.1, 0.15) is 0 Å². The second-order valence-corrected chi connectivity index (χ2v) is 6.32. The zero-order valence-electron chi connectivity index (χ0n) is 10.1. The van der Waals surface area contributed by atoms with Crippen molar-refractivity contribution < 1.29 is 0 Å². The van der Waals surface area contributed by atoms with Crippen LogP contribution in [0.15, 0.2) is 74.9 Å². The van der Waals surface area contributed by atoms with Gasteiger partial charge >= 0.3 is 0 Å². The van der Waals surface area contributed by atoms with E-state index in [2.05, 4.69) is 58.4 Å². The fraction of sp³-hybridized carbons (Fsp3) is 0. The summed E-state index contributed by atoms with van der Waals surface area (Å²) in [7, 11) is 0. The maximum atomic E-state index is 6.03. The highest BCUT2D eigenvalue weighted by molar-refractivity contribution is 9.10. The number of hydrogen-bond acceptors (Lipinski definition) is 2. The van der Waals surface area contributed by atoms with Crippen LogP contribution >= 0.6 is 27.7 Å². The van der Waals surface area contributed by atoms with Crippen LogP contribution in [0.5, 0.6) is 0 Å². The quantitative estimate of drug-likeness (QED) is 0.642. The molecule has 0 aliphatic carbocycles. The van der Waals surface area contributed by atoms with Gasteiger partial charge in [-0.05, 0) is 41.1 Å². The van der Waals surface area contributed by atoms with Crippen LogP contribution in [0.1, 0.15) is 0 Å². The third-order valence-corrected chi connectivity index (χ3v) is 4.50. The van der Waals surface area contributed by atoms with Crippen molar-refractivity contribution >= 4 is 44.2 Å². The van der Waals surface area contributed by atoms with Gasteiger partial charge in [0, 0.05) is 20.0 Å². The lowest BCUT2D eigenvalue weighted by Gasteiger charge is -2.07. The minimum atomic E-state index is 0.799. The molecule has 0 heterocycles. The molecule has 3 heteroatoms. The molecule has 19 heavy (non-hydrogen) atoms. The Hall–Kier alpha value is -1.45. The van der Waals surface area contributed by atoms with Gasteiger partial charge in [-0.3, -0.25) is 0 Å². The number of benzene rings is 3. The summed E-state index contributed by atoms with van der Waals surface area (Å²) >= 11 is 5.12. The van der Waals surface area contributed by atoms with Gasteiger partial charge in [-0.2, -0.15) is 0 Å². The summed E-state index contributed by atoms with van der Waals surface area (Å²) in [5.74, 6) is 0. The number of nitrogens with two attached hydrogens (primary N) is 1. The number of anilines is 1. The predicted octanol–water partition coefficient (Wildman–Crippen LogP) is 5.34. The van der Waals surface area contributed by atoms with E-state index in [-0.39, 0.29) is 0 Å². The van der Waals surface area contributed by atoms with Crippen molar-refractivity contribution in [3.05, 3.63) is 65.1 Å². The minimum Gasteiger partial charge on any atom is -0.398 e. The SMILES string of the molecule is Nc1cc(Br)ccc1Sc1ccc2ccccc2c1. The van der Waals surface area contributed by atoms with Crippen molar-refractivity contribution in [2.45, 2.75) is 9.79 Å². The number of fused-ring (bicyclic) bond motifs is 1. The summed E-state index contributed by atoms with van der Waals surface area (Å²) in [5, 5.41) is 2.51. The summed E-state index contributed by atoms with van der Waals surface area (Å²) in [4.78, 5) is 2.28. The normalized spacial score (nSPS) is 10.8. The van der Waals surface area contributed by atoms with Crippen molar-refractivity contribution in [1.82, 2.24) is 0 Å². The fourth-order valence-corrected chi connectivity index (χ4v) is 3.24. The fourth-order valence-electron chi connectivity index (χ4n) is 1.97. The van der Waals surface area contributed by atoms with Crippen molar-refractivity contribution in [3.63, 3.8) is 0 Å². The van der Waals surface area contributed by atoms with E-state index in [1.54, 1.807) is 11.8 Å². The molecular formula is C16H12BrNS. The molecule has 0 spiro atoms. The average Bonchev–Trinajstić information content (AvgIpc) is 2.42. The molecule has 94 valence electrons. The predicted molar refractivity (Wildman–Crippen MR) is 86.6 cm³/mol. The Balaban J connectivity index is 1.96. The van der Waals surface area contributed by atoms with Crippen molar-refractivity contribution in [1.29, 1.82) is 0 Å². The molecule has 0 bridgehead atoms. The van der Waals surface area contributed by atoms with Crippen LogP contribution in [-0.2, 0) is 0 Å². The number of hydrogen-bond donors (Lipinski definition) is 1. The van der Waals surface area contributed by atoms with Crippen molar-refractivity contribution in [3.8, 4) is 0 Å². The zero-order chi connectivity index (χ0) is 13.2. The molecule has 0 saturated carbocycles. The van der Waals surface area contributed by atoms with Crippen LogP contribution in [0.3, 0.4) is 0 Å². The topological polar surface area (TPSA) is 26.0 Å². The molecule has 3 aromatic carbocycles. The largest absolute Gasteiger partial charge is 0.398 e. The lowest BCUT2D eigenvalue weighted by Crippen LogP contribution is -1.88. The van der Waals surface area contributed by atoms with Crippen LogP contribution in [0.2, 0.25) is 0 Å². The first-order valence-electron chi connectivity index (χ1n) is 5.94. The highest BCUT2D eigenvalue weighted by Crippen LogP contribution is 2.34. The third kappa shape index (κ3) is 2.77. The van der Waals surface area contributed by atoms with E-state index in [1.165, 1.54) is 15.7 Å². The van der Waals surface area contributed by atoms with E-state index in [1.807, 2.05) is 18.2 Å². The maximum absolute atomic E-state index is 6.03. The summed E-state index contributed by atoms with van der Waals surface area (Å²) in [6.45, 7) is 0. The van der Waals surface area contributed by atoms with Crippen LogP contribution in [0.4, 0.5) is 5.69 Å². The van der Waals surface area contributed by atoms with E-state index in [0.29, 0.717) is 0 Å². The van der Waals surface area contributed by atoms with Crippen LogP contribution in [0, 0.1) is 0 Å². The molecule has 3 rings (SSSR count). The summed E-state index contributed by atoms with van der Waals surface area (Å²) in [6.07, 6.45) is 0. The third-order valence-electron chi connectivity index (χ3n) is 2.92. The molecule has 0 fully saturated rings. The Morgan fingerprint density at radius 1 is 0.842 bits per heavy atom. The molecule has 0 amide bonds. The zero-order valence-corrected chi connectivity index (χ0v) is 12.5. The first-order valence-corrected chi connectivity index (χ1v) is 7.55. The molecule has 0 radical (unpaired) electrons. The van der Waals surface area contributed by atoms with Gasteiger partial charge in [0.25, 0.3) is 0 Å². The monoisotopic (exact) mass is 329 g/mol. The summed E-state index contributed by atoms with van der Waals surface area (Å²) in [6, 6.07) is 20.8. The average molecular weight is 330 g/mol. The Kier molecular flexibility index (Phi) is 3.49. The van der Waals surface area contributed by atoms with E-state index in [9.17, 15) is 0 Å². The Morgan fingerprint density at radius 3 is 2.42 bits per heavy atom. The number of halogens is 1. The van der Waals surface area contributed by atoms with Crippen LogP contribution in [-0.4, -0.2) is 0 Å². The molecule has 3 aromatic rings. The van der Waals surface area contributed by atoms with Gasteiger partial charge in [0.2, 0.25) is 0 Å². The smallest absolute Gasteiger partial charge is 0.0467 e. The van der Waals surface area contributed by atoms with E-state index in [0.717, 1.165) is 15.1 Å². The minimum absolute atomic E-state index is 0.799. The van der Waals surface area contributed by atoms with Crippen LogP contribution < -0.4 is 5.73 Å². The Bertz CT molecular complexity index is 740. The van der Waals surface area contributed by atoms with E-state index in [4.69, 9.17) is 5.73 Å². The van der Waals surface area contributed by atoms with Gasteiger partial charge < -0.3 is 5.73 Å². The molecule has 0 aromatic heterocycles. The van der Waals surface area contributed by atoms with Gasteiger partial charge in [-0.1, -0.05) is 58.0 Å². The molecule has 0 atom stereocenters. The molecule has 0 unspecified atom stereocenters. The second-order valence-electron chi connectivity index (χ2n) is 4.29. The Labute approximate surface area is 125 Å². The van der Waals surface area contributed by atoms with E-state index >= 15 is 0 Å². The van der Waals surface area contributed by atoms with Gasteiger partial charge in [-0.25, -0.2) is 0 Å². The maximum Gasteiger partial charge on any atom is 0.0467 e. The standard InChI is InChI=1S/C16H12BrNS/c17-13-6-8-16(15(18)10-13)19-14-7-5-11-3-1-2-4-12(11)9-14/h1-10H,18H2. The summed E-state index contributed by atoms with van der Waals surface area (Å²) < 4.78 is 1.01. The highest BCUT2D eigenvalue weighted by Gasteiger charge is 2.03. The molecule has 1 nitrogen and oxygen atoms in total. The van der Waals surface area contributed by atoms with Crippen molar-refractivity contribution in [2.75, 3.05) is 5.73 Å². The molecule has 2 N–H and O–H groups in total. The molecule has 0 aliphatic rings. The lowest BCUT2D eigenvalue weighted by molar-refractivity contribution is 1.41. The van der Waals surface area contributed by atoms with Gasteiger partial charge in [-0.15, -0.1) is 0 Å². The van der Waals surface area contributed by atoms with Crippen molar-refractivity contribution in [2.24, 2.45) is 0 Å². The second kappa shape index (κ2) is 5.27. The van der Waals surface area contributed by atoms with Gasteiger partial charge in [0.15, 0.2) is 0 Å². The summed E-state index contributed by atoms with van der Waals surface area (Å²) in [5.41, 5.74) is 6.83. The molecule has 0 saturated heterocycles.